The van der Waals surface area contributed by atoms with Crippen molar-refractivity contribution >= 4 is 5.97 Å². The molecule has 2 atom stereocenters. The molecule has 1 aromatic rings. The van der Waals surface area contributed by atoms with Crippen LogP contribution in [-0.4, -0.2) is 17.1 Å². The Hall–Kier alpha value is -1.42. The van der Waals surface area contributed by atoms with E-state index in [2.05, 4.69) is 5.32 Å². The molecule has 0 radical (unpaired) electrons. The van der Waals surface area contributed by atoms with E-state index in [1.54, 1.807) is 13.0 Å². The maximum absolute atomic E-state index is 13.0. The van der Waals surface area contributed by atoms with Gasteiger partial charge < -0.3 is 5.11 Å². The molecule has 3 nitrogen and oxygen atoms in total. The van der Waals surface area contributed by atoms with Gasteiger partial charge in [-0.2, -0.15) is 0 Å². The molecule has 1 aliphatic carbocycles. The van der Waals surface area contributed by atoms with Crippen LogP contribution in [0.4, 0.5) is 4.39 Å². The van der Waals surface area contributed by atoms with Crippen molar-refractivity contribution in [3.63, 3.8) is 0 Å². The Morgan fingerprint density at radius 1 is 1.62 bits per heavy atom. The Labute approximate surface area is 93.3 Å². The van der Waals surface area contributed by atoms with Crippen LogP contribution in [0.25, 0.3) is 0 Å². The molecule has 0 aromatic heterocycles. The number of halogens is 1. The third-order valence-electron chi connectivity index (χ3n) is 3.00. The number of carboxylic acids is 1. The number of rotatable bonds is 3. The van der Waals surface area contributed by atoms with Crippen LogP contribution in [0.1, 0.15) is 30.5 Å². The zero-order chi connectivity index (χ0) is 11.7. The number of hydrogen-bond donors (Lipinski definition) is 2. The molecule has 0 aliphatic heterocycles. The molecule has 1 aromatic carbocycles. The highest BCUT2D eigenvalue weighted by molar-refractivity contribution is 5.72. The molecule has 2 N–H and O–H groups in total. The van der Waals surface area contributed by atoms with E-state index in [0.29, 0.717) is 0 Å². The number of carbonyl (C=O) groups is 1. The Balaban J connectivity index is 2.15. The first-order chi connectivity index (χ1) is 7.58. The van der Waals surface area contributed by atoms with Crippen molar-refractivity contribution in [2.75, 3.05) is 0 Å². The molecule has 0 heterocycles. The number of carboxylic acid groups (broad SMARTS) is 1. The first kappa shape index (κ1) is 11.1. The summed E-state index contributed by atoms with van der Waals surface area (Å²) < 4.78 is 13.0. The zero-order valence-corrected chi connectivity index (χ0v) is 9.03. The lowest BCUT2D eigenvalue weighted by atomic mass is 10.1. The van der Waals surface area contributed by atoms with E-state index in [1.807, 2.05) is 0 Å². The summed E-state index contributed by atoms with van der Waals surface area (Å²) in [5.41, 5.74) is 2.00. The van der Waals surface area contributed by atoms with Gasteiger partial charge in [-0.1, -0.05) is 6.07 Å². The van der Waals surface area contributed by atoms with Crippen molar-refractivity contribution in [2.24, 2.45) is 0 Å². The number of fused-ring (bicyclic) bond motifs is 1. The van der Waals surface area contributed by atoms with Gasteiger partial charge in [0.15, 0.2) is 0 Å². The number of aryl methyl sites for hydroxylation is 1. The monoisotopic (exact) mass is 223 g/mol. The summed E-state index contributed by atoms with van der Waals surface area (Å²) in [6, 6.07) is 4.14. The largest absolute Gasteiger partial charge is 0.480 e. The summed E-state index contributed by atoms with van der Waals surface area (Å²) >= 11 is 0. The molecule has 0 spiro atoms. The Bertz CT molecular complexity index is 419. The summed E-state index contributed by atoms with van der Waals surface area (Å²) in [5, 5.41) is 11.8. The van der Waals surface area contributed by atoms with Gasteiger partial charge in [-0.25, -0.2) is 4.39 Å². The number of aliphatic carboxylic acids is 1. The van der Waals surface area contributed by atoms with E-state index >= 15 is 0 Å². The van der Waals surface area contributed by atoms with Gasteiger partial charge in [-0.05, 0) is 43.0 Å². The SMILES string of the molecule is CC(NC1CCc2cc(F)ccc21)C(=O)O. The normalized spacial score (nSPS) is 20.5. The third-order valence-corrected chi connectivity index (χ3v) is 3.00. The fourth-order valence-electron chi connectivity index (χ4n) is 2.13. The van der Waals surface area contributed by atoms with Gasteiger partial charge in [0, 0.05) is 6.04 Å². The van der Waals surface area contributed by atoms with Crippen LogP contribution >= 0.6 is 0 Å². The molecule has 0 saturated heterocycles. The predicted octanol–water partition coefficient (Wildman–Crippen LogP) is 1.88. The van der Waals surface area contributed by atoms with E-state index in [0.717, 1.165) is 24.0 Å². The average Bonchev–Trinajstić information content (AvgIpc) is 2.60. The van der Waals surface area contributed by atoms with Gasteiger partial charge in [-0.15, -0.1) is 0 Å². The molecular formula is C12H14FNO2. The minimum Gasteiger partial charge on any atom is -0.480 e. The van der Waals surface area contributed by atoms with Crippen LogP contribution in [-0.2, 0) is 11.2 Å². The van der Waals surface area contributed by atoms with Gasteiger partial charge in [-0.3, -0.25) is 10.1 Å². The van der Waals surface area contributed by atoms with Crippen LogP contribution in [0.3, 0.4) is 0 Å². The molecule has 4 heteroatoms. The van der Waals surface area contributed by atoms with Crippen molar-refractivity contribution < 1.29 is 14.3 Å². The van der Waals surface area contributed by atoms with Crippen molar-refractivity contribution in [2.45, 2.75) is 31.8 Å². The smallest absolute Gasteiger partial charge is 0.320 e. The lowest BCUT2D eigenvalue weighted by molar-refractivity contribution is -0.139. The molecule has 0 saturated carbocycles. The van der Waals surface area contributed by atoms with Gasteiger partial charge >= 0.3 is 5.97 Å². The summed E-state index contributed by atoms with van der Waals surface area (Å²) in [7, 11) is 0. The van der Waals surface area contributed by atoms with Crippen LogP contribution in [0.5, 0.6) is 0 Å². The minimum absolute atomic E-state index is 0.0294. The maximum atomic E-state index is 13.0. The van der Waals surface area contributed by atoms with Gasteiger partial charge in [0.05, 0.1) is 0 Å². The molecule has 86 valence electrons. The fourth-order valence-corrected chi connectivity index (χ4v) is 2.13. The quantitative estimate of drug-likeness (QED) is 0.822. The summed E-state index contributed by atoms with van der Waals surface area (Å²) in [4.78, 5) is 10.7. The molecule has 0 bridgehead atoms. The second-order valence-electron chi connectivity index (χ2n) is 4.16. The van der Waals surface area contributed by atoms with Gasteiger partial charge in [0.25, 0.3) is 0 Å². The first-order valence-electron chi connectivity index (χ1n) is 5.35. The second kappa shape index (κ2) is 4.22. The van der Waals surface area contributed by atoms with E-state index in [1.165, 1.54) is 12.1 Å². The van der Waals surface area contributed by atoms with Crippen molar-refractivity contribution in [3.05, 3.63) is 35.1 Å². The van der Waals surface area contributed by atoms with E-state index in [-0.39, 0.29) is 11.9 Å². The minimum atomic E-state index is -0.865. The zero-order valence-electron chi connectivity index (χ0n) is 9.03. The molecule has 0 amide bonds. The Morgan fingerprint density at radius 2 is 2.38 bits per heavy atom. The van der Waals surface area contributed by atoms with Crippen molar-refractivity contribution in [3.8, 4) is 0 Å². The molecule has 0 fully saturated rings. The van der Waals surface area contributed by atoms with E-state index in [4.69, 9.17) is 5.11 Å². The van der Waals surface area contributed by atoms with Crippen LogP contribution in [0, 0.1) is 5.82 Å². The first-order valence-corrected chi connectivity index (χ1v) is 5.35. The fraction of sp³-hybridized carbons (Fsp3) is 0.417. The second-order valence-corrected chi connectivity index (χ2v) is 4.16. The number of nitrogens with one attached hydrogen (secondary N) is 1. The number of benzene rings is 1. The molecule has 2 unspecified atom stereocenters. The maximum Gasteiger partial charge on any atom is 0.320 e. The predicted molar refractivity (Wildman–Crippen MR) is 57.7 cm³/mol. The standard InChI is InChI=1S/C12H14FNO2/c1-7(12(15)16)14-11-5-2-8-6-9(13)3-4-10(8)11/h3-4,6-7,11,14H,2,5H2,1H3,(H,15,16). The summed E-state index contributed by atoms with van der Waals surface area (Å²) in [6.07, 6.45) is 1.63. The Morgan fingerprint density at radius 3 is 3.06 bits per heavy atom. The lowest BCUT2D eigenvalue weighted by Gasteiger charge is -2.17. The topological polar surface area (TPSA) is 49.3 Å². The highest BCUT2D eigenvalue weighted by Crippen LogP contribution is 2.31. The van der Waals surface area contributed by atoms with E-state index in [9.17, 15) is 9.18 Å². The van der Waals surface area contributed by atoms with Crippen LogP contribution in [0.2, 0.25) is 0 Å². The Kier molecular flexibility index (Phi) is 2.92. The highest BCUT2D eigenvalue weighted by Gasteiger charge is 2.25. The van der Waals surface area contributed by atoms with Crippen molar-refractivity contribution in [1.29, 1.82) is 0 Å². The molecule has 1 aliphatic rings. The highest BCUT2D eigenvalue weighted by atomic mass is 19.1. The van der Waals surface area contributed by atoms with E-state index < -0.39 is 12.0 Å². The lowest BCUT2D eigenvalue weighted by Crippen LogP contribution is -2.35. The van der Waals surface area contributed by atoms with Crippen molar-refractivity contribution in [1.82, 2.24) is 5.32 Å². The van der Waals surface area contributed by atoms with Crippen LogP contribution < -0.4 is 5.32 Å². The molecular weight excluding hydrogens is 209 g/mol. The third kappa shape index (κ3) is 2.07. The van der Waals surface area contributed by atoms with Gasteiger partial charge in [0.2, 0.25) is 0 Å². The molecule has 2 rings (SSSR count). The van der Waals surface area contributed by atoms with Gasteiger partial charge in [0.1, 0.15) is 11.9 Å². The van der Waals surface area contributed by atoms with Crippen LogP contribution in [0.15, 0.2) is 18.2 Å². The molecule has 16 heavy (non-hydrogen) atoms. The average molecular weight is 223 g/mol. The number of hydrogen-bond acceptors (Lipinski definition) is 2. The summed E-state index contributed by atoms with van der Waals surface area (Å²) in [5.74, 6) is -1.10. The summed E-state index contributed by atoms with van der Waals surface area (Å²) in [6.45, 7) is 1.61.